The summed E-state index contributed by atoms with van der Waals surface area (Å²) >= 11 is 0. The van der Waals surface area contributed by atoms with Gasteiger partial charge in [0.2, 0.25) is 5.60 Å². The number of carbonyl (C=O) groups excluding carboxylic acids is 1. The van der Waals surface area contributed by atoms with E-state index in [4.69, 9.17) is 0 Å². The van der Waals surface area contributed by atoms with Crippen molar-refractivity contribution in [2.75, 3.05) is 7.11 Å². The standard InChI is InChI=1S/C16H15N3O6/c1-25-13(21)16(24)11-8-7-10(12(16)20)18-14(22)17(15(23)19(11)18)9-5-3-2-4-6-9/h2-8,10-12,20,24H,1H3/t10-,11+,12-,16+/m1/s1. The maximum Gasteiger partial charge on any atom is 0.352 e. The summed E-state index contributed by atoms with van der Waals surface area (Å²) in [4.78, 5) is 37.7. The summed E-state index contributed by atoms with van der Waals surface area (Å²) in [7, 11) is 1.07. The molecular weight excluding hydrogens is 330 g/mol. The Morgan fingerprint density at radius 2 is 1.76 bits per heavy atom. The van der Waals surface area contributed by atoms with Gasteiger partial charge in [-0.2, -0.15) is 0 Å². The Hall–Kier alpha value is -2.91. The Kier molecular flexibility index (Phi) is 3.15. The van der Waals surface area contributed by atoms with E-state index < -0.39 is 41.1 Å². The highest BCUT2D eigenvalue weighted by Gasteiger charge is 2.61. The van der Waals surface area contributed by atoms with Crippen LogP contribution in [0.1, 0.15) is 12.1 Å². The van der Waals surface area contributed by atoms with Crippen LogP contribution in [0.2, 0.25) is 0 Å². The summed E-state index contributed by atoms with van der Waals surface area (Å²) in [5, 5.41) is 21.3. The molecule has 9 nitrogen and oxygen atoms in total. The van der Waals surface area contributed by atoms with Gasteiger partial charge in [-0.1, -0.05) is 30.4 Å². The van der Waals surface area contributed by atoms with Gasteiger partial charge >= 0.3 is 17.3 Å². The van der Waals surface area contributed by atoms with Gasteiger partial charge in [0.1, 0.15) is 18.2 Å². The van der Waals surface area contributed by atoms with E-state index in [0.29, 0.717) is 5.69 Å². The maximum absolute atomic E-state index is 12.9. The summed E-state index contributed by atoms with van der Waals surface area (Å²) < 4.78 is 7.58. The zero-order valence-electron chi connectivity index (χ0n) is 13.1. The van der Waals surface area contributed by atoms with Crippen molar-refractivity contribution in [3.63, 3.8) is 0 Å². The van der Waals surface area contributed by atoms with Crippen molar-refractivity contribution < 1.29 is 19.7 Å². The molecule has 1 aromatic carbocycles. The zero-order chi connectivity index (χ0) is 17.9. The molecule has 0 saturated carbocycles. The van der Waals surface area contributed by atoms with E-state index in [2.05, 4.69) is 4.74 Å². The fourth-order valence-electron chi connectivity index (χ4n) is 3.59. The molecule has 2 N–H and O–H groups in total. The number of para-hydroxylation sites is 1. The minimum Gasteiger partial charge on any atom is -0.467 e. The van der Waals surface area contributed by atoms with Crippen LogP contribution in [-0.4, -0.2) is 48.9 Å². The smallest absolute Gasteiger partial charge is 0.352 e. The molecule has 4 atom stereocenters. The normalized spacial score (nSPS) is 29.5. The van der Waals surface area contributed by atoms with Gasteiger partial charge in [-0.15, -0.1) is 0 Å². The molecule has 5 rings (SSSR count). The second kappa shape index (κ2) is 5.04. The quantitative estimate of drug-likeness (QED) is 0.518. The van der Waals surface area contributed by atoms with E-state index in [0.717, 1.165) is 21.0 Å². The monoisotopic (exact) mass is 345 g/mol. The molecule has 0 fully saturated rings. The van der Waals surface area contributed by atoms with E-state index in [1.54, 1.807) is 30.3 Å². The number of fused-ring (bicyclic) bond motifs is 1. The number of methoxy groups -OCH3 is 1. The molecule has 0 amide bonds. The summed E-state index contributed by atoms with van der Waals surface area (Å²) in [6.07, 6.45) is 1.28. The van der Waals surface area contributed by atoms with Crippen molar-refractivity contribution in [2.24, 2.45) is 0 Å². The molecule has 130 valence electrons. The fourth-order valence-corrected chi connectivity index (χ4v) is 3.59. The lowest BCUT2D eigenvalue weighted by atomic mass is 9.78. The molecule has 0 spiro atoms. The van der Waals surface area contributed by atoms with Gasteiger partial charge in [0, 0.05) is 0 Å². The number of aliphatic hydroxyl groups excluding tert-OH is 1. The van der Waals surface area contributed by atoms with Crippen molar-refractivity contribution in [3.05, 3.63) is 63.5 Å². The van der Waals surface area contributed by atoms with Gasteiger partial charge in [0.25, 0.3) is 0 Å². The van der Waals surface area contributed by atoms with Crippen LogP contribution in [0.5, 0.6) is 0 Å². The molecule has 1 aromatic heterocycles. The van der Waals surface area contributed by atoms with Crippen LogP contribution in [0.15, 0.2) is 52.1 Å². The number of carbonyl (C=O) groups is 1. The van der Waals surface area contributed by atoms with Crippen LogP contribution in [0.4, 0.5) is 0 Å². The lowest BCUT2D eigenvalue weighted by Gasteiger charge is -2.46. The molecule has 25 heavy (non-hydrogen) atoms. The number of aliphatic hydroxyl groups is 2. The first-order valence-electron chi connectivity index (χ1n) is 7.61. The first-order valence-corrected chi connectivity index (χ1v) is 7.61. The number of hydrogen-bond acceptors (Lipinski definition) is 6. The third kappa shape index (κ3) is 1.76. The van der Waals surface area contributed by atoms with Crippen LogP contribution < -0.4 is 11.4 Å². The van der Waals surface area contributed by atoms with Gasteiger partial charge < -0.3 is 14.9 Å². The Morgan fingerprint density at radius 1 is 1.12 bits per heavy atom. The highest BCUT2D eigenvalue weighted by atomic mass is 16.5. The number of aromatic nitrogens is 3. The Morgan fingerprint density at radius 3 is 2.40 bits per heavy atom. The Balaban J connectivity index is 2.01. The van der Waals surface area contributed by atoms with Crippen molar-refractivity contribution in [1.82, 2.24) is 13.9 Å². The molecule has 3 aliphatic rings. The average molecular weight is 345 g/mol. The molecule has 2 aliphatic heterocycles. The summed E-state index contributed by atoms with van der Waals surface area (Å²) in [6.45, 7) is 0. The largest absolute Gasteiger partial charge is 0.467 e. The van der Waals surface area contributed by atoms with Crippen LogP contribution in [-0.2, 0) is 9.53 Å². The second-order valence-electron chi connectivity index (χ2n) is 6.01. The lowest BCUT2D eigenvalue weighted by Crippen LogP contribution is -2.66. The third-order valence-electron chi connectivity index (χ3n) is 4.80. The highest BCUT2D eigenvalue weighted by Crippen LogP contribution is 2.42. The minimum absolute atomic E-state index is 0.349. The molecule has 9 heteroatoms. The van der Waals surface area contributed by atoms with Gasteiger partial charge in [0.05, 0.1) is 12.8 Å². The van der Waals surface area contributed by atoms with Crippen LogP contribution in [0, 0.1) is 0 Å². The molecule has 3 heterocycles. The van der Waals surface area contributed by atoms with E-state index in [1.807, 2.05) is 0 Å². The van der Waals surface area contributed by atoms with Crippen molar-refractivity contribution in [3.8, 4) is 5.69 Å². The molecule has 2 aromatic rings. The third-order valence-corrected chi connectivity index (χ3v) is 4.80. The average Bonchev–Trinajstić information content (AvgIpc) is 2.91. The first kappa shape index (κ1) is 15.6. The molecule has 1 aliphatic carbocycles. The Bertz CT molecular complexity index is 1000. The highest BCUT2D eigenvalue weighted by molar-refractivity contribution is 5.82. The SMILES string of the molecule is COC(=O)[C@@]1(O)[C@H](O)[C@H]2C=C[C@@H]1n1c(=O)n(-c3ccccc3)c(=O)n12. The number of ether oxygens (including phenoxy) is 1. The van der Waals surface area contributed by atoms with Gasteiger partial charge in [-0.3, -0.25) is 0 Å². The van der Waals surface area contributed by atoms with Gasteiger partial charge in [-0.25, -0.2) is 28.3 Å². The predicted octanol–water partition coefficient (Wildman–Crippen LogP) is -1.27. The van der Waals surface area contributed by atoms with Crippen molar-refractivity contribution in [2.45, 2.75) is 23.8 Å². The molecule has 0 radical (unpaired) electrons. The number of nitrogens with zero attached hydrogens (tertiary/aromatic N) is 3. The van der Waals surface area contributed by atoms with Gasteiger partial charge in [-0.05, 0) is 12.1 Å². The molecule has 2 bridgehead atoms. The predicted molar refractivity (Wildman–Crippen MR) is 84.5 cm³/mol. The van der Waals surface area contributed by atoms with Crippen molar-refractivity contribution >= 4 is 5.97 Å². The van der Waals surface area contributed by atoms with Crippen LogP contribution >= 0.6 is 0 Å². The number of hydrogen-bond donors (Lipinski definition) is 2. The van der Waals surface area contributed by atoms with Crippen LogP contribution in [0.3, 0.4) is 0 Å². The summed E-state index contributed by atoms with van der Waals surface area (Å²) in [5.74, 6) is -1.07. The maximum atomic E-state index is 12.9. The van der Waals surface area contributed by atoms with Crippen LogP contribution in [0.25, 0.3) is 5.69 Å². The zero-order valence-corrected chi connectivity index (χ0v) is 13.1. The topological polar surface area (TPSA) is 116 Å². The summed E-state index contributed by atoms with van der Waals surface area (Å²) in [6, 6.07) is 5.95. The van der Waals surface area contributed by atoms with Gasteiger partial charge in [0.15, 0.2) is 0 Å². The summed E-state index contributed by atoms with van der Waals surface area (Å²) in [5.41, 5.74) is -3.39. The van der Waals surface area contributed by atoms with E-state index >= 15 is 0 Å². The number of esters is 1. The van der Waals surface area contributed by atoms with E-state index in [9.17, 15) is 24.6 Å². The second-order valence-corrected chi connectivity index (χ2v) is 6.01. The molecule has 0 unspecified atom stereocenters. The molecule has 0 saturated heterocycles. The fraction of sp³-hybridized carbons (Fsp3) is 0.312. The minimum atomic E-state index is -2.35. The first-order chi connectivity index (χ1) is 11.9. The lowest BCUT2D eigenvalue weighted by molar-refractivity contribution is -0.195. The number of rotatable bonds is 2. The molecular formula is C16H15N3O6. The number of benzene rings is 1. The Labute approximate surface area is 140 Å². The van der Waals surface area contributed by atoms with E-state index in [-0.39, 0.29) is 0 Å². The van der Waals surface area contributed by atoms with E-state index in [1.165, 1.54) is 12.2 Å². The van der Waals surface area contributed by atoms with Crippen molar-refractivity contribution in [1.29, 1.82) is 0 Å².